The lowest BCUT2D eigenvalue weighted by Crippen LogP contribution is -2.09. The van der Waals surface area contributed by atoms with Gasteiger partial charge in [0.15, 0.2) is 5.78 Å². The smallest absolute Gasteiger partial charge is 0.339 e. The predicted molar refractivity (Wildman–Crippen MR) is 70.2 cm³/mol. The van der Waals surface area contributed by atoms with Crippen LogP contribution in [0.5, 0.6) is 5.75 Å². The highest BCUT2D eigenvalue weighted by Gasteiger charge is 2.14. The average Bonchev–Trinajstić information content (AvgIpc) is 2.37. The predicted octanol–water partition coefficient (Wildman–Crippen LogP) is 2.53. The first-order chi connectivity index (χ1) is 9.08. The van der Waals surface area contributed by atoms with Crippen LogP contribution in [0.3, 0.4) is 0 Å². The molecule has 0 unspecified atom stereocenters. The van der Waals surface area contributed by atoms with Crippen molar-refractivity contribution in [3.05, 3.63) is 35.5 Å². The maximum absolute atomic E-state index is 11.6. The molecule has 1 aromatic rings. The van der Waals surface area contributed by atoms with Gasteiger partial charge in [-0.05, 0) is 31.4 Å². The van der Waals surface area contributed by atoms with Gasteiger partial charge in [-0.1, -0.05) is 0 Å². The zero-order valence-corrected chi connectivity index (χ0v) is 10.3. The Morgan fingerprint density at radius 2 is 2.00 bits per heavy atom. The highest BCUT2D eigenvalue weighted by Crippen LogP contribution is 2.23. The van der Waals surface area contributed by atoms with E-state index in [0.29, 0.717) is 12.1 Å². The van der Waals surface area contributed by atoms with Crippen LogP contribution in [0, 0.1) is 0 Å². The van der Waals surface area contributed by atoms with Crippen molar-refractivity contribution in [1.82, 2.24) is 0 Å². The third-order valence-electron chi connectivity index (χ3n) is 3.10. The van der Waals surface area contributed by atoms with E-state index in [1.807, 2.05) is 0 Å². The number of phenols is 1. The van der Waals surface area contributed by atoms with E-state index >= 15 is 0 Å². The molecule has 0 saturated heterocycles. The Bertz CT molecular complexity index is 548. The van der Waals surface area contributed by atoms with Crippen molar-refractivity contribution in [1.29, 1.82) is 0 Å². The first-order valence-corrected chi connectivity index (χ1v) is 6.13. The number of ketones is 1. The molecule has 19 heavy (non-hydrogen) atoms. The molecule has 0 atom stereocenters. The van der Waals surface area contributed by atoms with E-state index in [0.717, 1.165) is 24.8 Å². The molecule has 1 aromatic carbocycles. The van der Waals surface area contributed by atoms with Crippen LogP contribution < -0.4 is 5.32 Å². The number of benzene rings is 1. The van der Waals surface area contributed by atoms with Gasteiger partial charge in [-0.3, -0.25) is 4.79 Å². The van der Waals surface area contributed by atoms with Crippen molar-refractivity contribution in [3.8, 4) is 5.75 Å². The van der Waals surface area contributed by atoms with Crippen molar-refractivity contribution in [3.63, 3.8) is 0 Å². The van der Waals surface area contributed by atoms with Gasteiger partial charge in [0, 0.05) is 29.9 Å². The second-order valence-electron chi connectivity index (χ2n) is 4.48. The average molecular weight is 261 g/mol. The van der Waals surface area contributed by atoms with Crippen molar-refractivity contribution >= 4 is 17.4 Å². The van der Waals surface area contributed by atoms with Crippen LogP contribution in [-0.4, -0.2) is 22.0 Å². The van der Waals surface area contributed by atoms with Crippen LogP contribution in [0.25, 0.3) is 0 Å². The monoisotopic (exact) mass is 261 g/mol. The minimum Gasteiger partial charge on any atom is -0.507 e. The third-order valence-corrected chi connectivity index (χ3v) is 3.10. The van der Waals surface area contributed by atoms with Gasteiger partial charge >= 0.3 is 5.97 Å². The van der Waals surface area contributed by atoms with Crippen LogP contribution in [0.1, 0.15) is 36.0 Å². The summed E-state index contributed by atoms with van der Waals surface area (Å²) in [5.74, 6) is -1.33. The molecular weight excluding hydrogens is 246 g/mol. The molecule has 0 radical (unpaired) electrons. The molecule has 5 heteroatoms. The molecule has 5 nitrogen and oxygen atoms in total. The number of allylic oxidation sites excluding steroid dienone is 1. The van der Waals surface area contributed by atoms with Gasteiger partial charge in [0.1, 0.15) is 11.3 Å². The highest BCUT2D eigenvalue weighted by molar-refractivity contribution is 5.96. The summed E-state index contributed by atoms with van der Waals surface area (Å²) in [6, 6.07) is 4.20. The Balaban J connectivity index is 2.11. The molecule has 0 aromatic heterocycles. The number of aromatic hydroxyl groups is 1. The summed E-state index contributed by atoms with van der Waals surface area (Å²) in [5, 5.41) is 21.2. The van der Waals surface area contributed by atoms with E-state index in [2.05, 4.69) is 5.32 Å². The maximum atomic E-state index is 11.6. The Morgan fingerprint density at radius 1 is 1.26 bits per heavy atom. The van der Waals surface area contributed by atoms with Crippen LogP contribution in [0.2, 0.25) is 0 Å². The molecule has 3 N–H and O–H groups in total. The molecule has 0 bridgehead atoms. The second kappa shape index (κ2) is 5.56. The summed E-state index contributed by atoms with van der Waals surface area (Å²) in [6.45, 7) is 0. The fraction of sp³-hybridized carbons (Fsp3) is 0.286. The number of anilines is 1. The van der Waals surface area contributed by atoms with Crippen LogP contribution in [0.4, 0.5) is 5.69 Å². The van der Waals surface area contributed by atoms with Crippen LogP contribution >= 0.6 is 0 Å². The van der Waals surface area contributed by atoms with E-state index in [-0.39, 0.29) is 17.1 Å². The third kappa shape index (κ3) is 3.13. The van der Waals surface area contributed by atoms with Gasteiger partial charge in [-0.15, -0.1) is 0 Å². The van der Waals surface area contributed by atoms with Crippen LogP contribution in [-0.2, 0) is 4.79 Å². The van der Waals surface area contributed by atoms with Gasteiger partial charge in [-0.25, -0.2) is 4.79 Å². The normalized spacial score (nSPS) is 17.5. The molecule has 0 amide bonds. The molecule has 0 aliphatic heterocycles. The number of carbonyl (C=O) groups excluding carboxylic acids is 1. The summed E-state index contributed by atoms with van der Waals surface area (Å²) in [7, 11) is 0. The van der Waals surface area contributed by atoms with E-state index in [9.17, 15) is 14.7 Å². The molecular formula is C14H15NO4. The molecule has 1 aliphatic rings. The molecule has 0 spiro atoms. The fourth-order valence-electron chi connectivity index (χ4n) is 2.03. The number of hydrogen-bond acceptors (Lipinski definition) is 4. The van der Waals surface area contributed by atoms with E-state index in [1.165, 1.54) is 12.1 Å². The van der Waals surface area contributed by atoms with E-state index < -0.39 is 5.97 Å². The van der Waals surface area contributed by atoms with Crippen molar-refractivity contribution in [2.45, 2.75) is 25.7 Å². The summed E-state index contributed by atoms with van der Waals surface area (Å²) >= 11 is 0. The summed E-state index contributed by atoms with van der Waals surface area (Å²) < 4.78 is 0. The molecule has 0 heterocycles. The summed E-state index contributed by atoms with van der Waals surface area (Å²) in [6.07, 6.45) is 4.91. The Morgan fingerprint density at radius 3 is 2.63 bits per heavy atom. The first kappa shape index (κ1) is 13.1. The number of hydrogen-bond donors (Lipinski definition) is 3. The maximum Gasteiger partial charge on any atom is 0.339 e. The topological polar surface area (TPSA) is 86.6 Å². The largest absolute Gasteiger partial charge is 0.507 e. The number of aromatic carboxylic acids is 1. The van der Waals surface area contributed by atoms with Gasteiger partial charge in [0.25, 0.3) is 0 Å². The number of rotatable bonds is 3. The molecule has 2 rings (SSSR count). The van der Waals surface area contributed by atoms with Gasteiger partial charge in [-0.2, -0.15) is 0 Å². The molecule has 1 fully saturated rings. The van der Waals surface area contributed by atoms with Gasteiger partial charge < -0.3 is 15.5 Å². The Hall–Kier alpha value is -2.30. The minimum absolute atomic E-state index is 0.144. The number of carbonyl (C=O) groups is 2. The summed E-state index contributed by atoms with van der Waals surface area (Å²) in [4.78, 5) is 22.3. The minimum atomic E-state index is -1.18. The lowest BCUT2D eigenvalue weighted by Gasteiger charge is -2.13. The Kier molecular flexibility index (Phi) is 3.85. The number of nitrogens with one attached hydrogen (secondary N) is 1. The number of carboxylic acid groups (broad SMARTS) is 1. The molecule has 100 valence electrons. The fourth-order valence-corrected chi connectivity index (χ4v) is 2.03. The quantitative estimate of drug-likeness (QED) is 0.728. The zero-order chi connectivity index (χ0) is 13.8. The second-order valence-corrected chi connectivity index (χ2v) is 4.48. The first-order valence-electron chi connectivity index (χ1n) is 6.13. The van der Waals surface area contributed by atoms with E-state index in [4.69, 9.17) is 5.11 Å². The molecule has 1 aliphatic carbocycles. The van der Waals surface area contributed by atoms with Crippen molar-refractivity contribution in [2.24, 2.45) is 0 Å². The Labute approximate surface area is 110 Å². The lowest BCUT2D eigenvalue weighted by molar-refractivity contribution is -0.116. The number of Topliss-reactive ketones (excluding diaryl/α,β-unsaturated/α-hetero) is 1. The van der Waals surface area contributed by atoms with Crippen molar-refractivity contribution in [2.75, 3.05) is 5.32 Å². The van der Waals surface area contributed by atoms with Crippen LogP contribution in [0.15, 0.2) is 30.0 Å². The molecule has 1 saturated carbocycles. The van der Waals surface area contributed by atoms with Crippen molar-refractivity contribution < 1.29 is 19.8 Å². The zero-order valence-electron chi connectivity index (χ0n) is 10.3. The SMILES string of the molecule is O=C1CCCC/C1=C/Nc1ccc(C(=O)O)c(O)c1. The lowest BCUT2D eigenvalue weighted by atomic mass is 9.94. The highest BCUT2D eigenvalue weighted by atomic mass is 16.4. The van der Waals surface area contributed by atoms with Gasteiger partial charge in [0.05, 0.1) is 0 Å². The van der Waals surface area contributed by atoms with Gasteiger partial charge in [0.2, 0.25) is 0 Å². The summed E-state index contributed by atoms with van der Waals surface area (Å²) in [5.41, 5.74) is 1.15. The number of carboxylic acids is 1. The van der Waals surface area contributed by atoms with E-state index in [1.54, 1.807) is 12.3 Å². The standard InChI is InChI=1S/C14H15NO4/c16-12-4-2-1-3-9(12)8-15-10-5-6-11(14(18)19)13(17)7-10/h5-8,15,17H,1-4H2,(H,18,19)/b9-8-.